The van der Waals surface area contributed by atoms with E-state index in [1.54, 1.807) is 17.7 Å². The number of halogens is 3. The number of carbonyl (C=O) groups excluding carboxylic acids is 1. The maximum atomic E-state index is 14.8. The first-order chi connectivity index (χ1) is 18.4. The average Bonchev–Trinajstić information content (AvgIpc) is 3.45. The number of hydrogen-bond donors (Lipinski definition) is 3. The van der Waals surface area contributed by atoms with Crippen molar-refractivity contribution in [3.8, 4) is 11.3 Å². The van der Waals surface area contributed by atoms with E-state index in [0.29, 0.717) is 6.54 Å². The van der Waals surface area contributed by atoms with E-state index in [0.717, 1.165) is 23.8 Å². The normalized spacial score (nSPS) is 18.4. The number of rotatable bonds is 9. The van der Waals surface area contributed by atoms with Crippen molar-refractivity contribution >= 4 is 6.03 Å². The number of hydrogen-bond acceptors (Lipinski definition) is 4. The molecule has 0 spiro atoms. The molecule has 1 radical (unpaired) electrons. The molecule has 1 saturated heterocycles. The van der Waals surface area contributed by atoms with Crippen LogP contribution in [0.3, 0.4) is 0 Å². The first-order valence-corrected chi connectivity index (χ1v) is 13.0. The number of amides is 2. The van der Waals surface area contributed by atoms with Gasteiger partial charge in [0.2, 0.25) is 0 Å². The Labute approximate surface area is 227 Å². The van der Waals surface area contributed by atoms with Crippen molar-refractivity contribution in [3.63, 3.8) is 0 Å². The molecule has 2 amide bonds. The Bertz CT molecular complexity index is 1280. The molecule has 3 N–H and O–H groups in total. The summed E-state index contributed by atoms with van der Waals surface area (Å²) in [5.41, 5.74) is -0.576. The van der Waals surface area contributed by atoms with Crippen LogP contribution in [0.5, 0.6) is 0 Å². The van der Waals surface area contributed by atoms with Crippen molar-refractivity contribution in [2.45, 2.75) is 51.2 Å². The Morgan fingerprint density at radius 3 is 2.59 bits per heavy atom. The van der Waals surface area contributed by atoms with Crippen LogP contribution in [0.2, 0.25) is 0 Å². The number of imidazole rings is 1. The number of carbonyl (C=O) groups is 1. The van der Waals surface area contributed by atoms with E-state index < -0.39 is 47.4 Å². The van der Waals surface area contributed by atoms with Crippen molar-refractivity contribution in [1.29, 1.82) is 0 Å². The molecule has 4 atom stereocenters. The third kappa shape index (κ3) is 6.80. The van der Waals surface area contributed by atoms with Gasteiger partial charge in [0.15, 0.2) is 0 Å². The summed E-state index contributed by atoms with van der Waals surface area (Å²) < 4.78 is 45.3. The zero-order valence-corrected chi connectivity index (χ0v) is 22.4. The van der Waals surface area contributed by atoms with Gasteiger partial charge >= 0.3 is 6.03 Å². The van der Waals surface area contributed by atoms with E-state index in [1.807, 2.05) is 30.3 Å². The molecule has 2 aromatic carbocycles. The zero-order chi connectivity index (χ0) is 28.3. The van der Waals surface area contributed by atoms with Crippen molar-refractivity contribution in [3.05, 3.63) is 84.7 Å². The lowest BCUT2D eigenvalue weighted by molar-refractivity contribution is -0.0174. The molecule has 39 heavy (non-hydrogen) atoms. The predicted octanol–water partition coefficient (Wildman–Crippen LogP) is 4.48. The molecule has 0 bridgehead atoms. The fourth-order valence-electron chi connectivity index (χ4n) is 4.95. The van der Waals surface area contributed by atoms with Gasteiger partial charge in [-0.05, 0) is 51.5 Å². The second-order valence-electron chi connectivity index (χ2n) is 10.7. The van der Waals surface area contributed by atoms with Crippen LogP contribution in [0.4, 0.5) is 18.0 Å². The fraction of sp³-hybridized carbons (Fsp3) is 0.414. The molecule has 1 aliphatic heterocycles. The lowest BCUT2D eigenvalue weighted by atomic mass is 9.94. The first-order valence-electron chi connectivity index (χ1n) is 13.0. The van der Waals surface area contributed by atoms with E-state index in [1.165, 1.54) is 18.7 Å². The molecule has 0 saturated carbocycles. The topological polar surface area (TPSA) is 82.4 Å². The van der Waals surface area contributed by atoms with Crippen LogP contribution in [-0.2, 0) is 6.54 Å². The number of alkyl halides is 1. The molecule has 1 aromatic heterocycles. The Morgan fingerprint density at radius 1 is 1.26 bits per heavy atom. The van der Waals surface area contributed by atoms with E-state index in [4.69, 9.17) is 0 Å². The summed E-state index contributed by atoms with van der Waals surface area (Å²) in [6.45, 7) is 9.41. The molecular formula is C29H35F3N5O2. The highest BCUT2D eigenvalue weighted by atomic mass is 19.1. The minimum absolute atomic E-state index is 0.0107. The van der Waals surface area contributed by atoms with Gasteiger partial charge in [-0.3, -0.25) is 0 Å². The summed E-state index contributed by atoms with van der Waals surface area (Å²) in [6, 6.07) is 10.4. The largest absolute Gasteiger partial charge is 0.388 e. The van der Waals surface area contributed by atoms with E-state index in [-0.39, 0.29) is 36.7 Å². The molecule has 0 unspecified atom stereocenters. The van der Waals surface area contributed by atoms with Gasteiger partial charge in [-0.15, -0.1) is 0 Å². The van der Waals surface area contributed by atoms with E-state index in [2.05, 4.69) is 22.5 Å². The monoisotopic (exact) mass is 542 g/mol. The van der Waals surface area contributed by atoms with Crippen LogP contribution in [0.25, 0.3) is 11.3 Å². The highest BCUT2D eigenvalue weighted by molar-refractivity contribution is 5.75. The molecule has 7 nitrogen and oxygen atoms in total. The molecule has 10 heteroatoms. The van der Waals surface area contributed by atoms with Crippen molar-refractivity contribution in [2.24, 2.45) is 5.92 Å². The second kappa shape index (κ2) is 11.8. The average molecular weight is 543 g/mol. The van der Waals surface area contributed by atoms with Crippen LogP contribution in [0, 0.1) is 24.5 Å². The molecule has 2 heterocycles. The first kappa shape index (κ1) is 28.6. The highest BCUT2D eigenvalue weighted by Crippen LogP contribution is 2.36. The number of aliphatic hydroxyl groups is 1. The van der Waals surface area contributed by atoms with Gasteiger partial charge in [0, 0.05) is 49.9 Å². The minimum Gasteiger partial charge on any atom is -0.388 e. The van der Waals surface area contributed by atoms with Gasteiger partial charge in [0.05, 0.1) is 11.3 Å². The lowest BCUT2D eigenvalue weighted by Gasteiger charge is -2.40. The number of aromatic nitrogens is 2. The summed E-state index contributed by atoms with van der Waals surface area (Å²) in [4.78, 5) is 19.6. The molecule has 209 valence electrons. The van der Waals surface area contributed by atoms with Crippen LogP contribution >= 0.6 is 0 Å². The zero-order valence-electron chi connectivity index (χ0n) is 22.4. The summed E-state index contributed by atoms with van der Waals surface area (Å²) in [5, 5.41) is 17.2. The lowest BCUT2D eigenvalue weighted by Crippen LogP contribution is -2.53. The van der Waals surface area contributed by atoms with Crippen molar-refractivity contribution in [2.75, 3.05) is 19.6 Å². The van der Waals surface area contributed by atoms with Crippen molar-refractivity contribution in [1.82, 2.24) is 25.1 Å². The molecule has 1 fully saturated rings. The van der Waals surface area contributed by atoms with Gasteiger partial charge in [-0.25, -0.2) is 22.9 Å². The standard InChI is InChI=1S/C29H35F3N5O2/c1-18(2)34-28(38)37(16-20-13-33-14-24(20)32)26(29(3,4)39)27-35-25(22-12-21(30)10-11-23(22)31)17-36(27)15-19-8-6-5-7-9-19/h5-12,17-18,20,24,26,33,39H,1,13-16H2,2-4H3,(H,34,38)/t18-,20-,24-,26-/m0/s1. The number of urea groups is 1. The predicted molar refractivity (Wildman–Crippen MR) is 143 cm³/mol. The van der Waals surface area contributed by atoms with Gasteiger partial charge in [-0.1, -0.05) is 30.3 Å². The molecule has 1 aliphatic rings. The Kier molecular flexibility index (Phi) is 8.66. The molecular weight excluding hydrogens is 507 g/mol. The highest BCUT2D eigenvalue weighted by Gasteiger charge is 2.42. The van der Waals surface area contributed by atoms with Gasteiger partial charge in [0.1, 0.15) is 29.7 Å². The Hall–Kier alpha value is -3.37. The minimum atomic E-state index is -1.56. The Balaban J connectivity index is 1.87. The van der Waals surface area contributed by atoms with Crippen LogP contribution in [0.15, 0.2) is 54.7 Å². The van der Waals surface area contributed by atoms with Crippen LogP contribution < -0.4 is 10.6 Å². The maximum Gasteiger partial charge on any atom is 0.318 e. The van der Waals surface area contributed by atoms with Gasteiger partial charge in [0.25, 0.3) is 0 Å². The third-order valence-corrected chi connectivity index (χ3v) is 6.75. The molecule has 3 aromatic rings. The SMILES string of the molecule is [CH2][C@@H](C)NC(=O)N(C[C@@H]1CNC[C@@H]1F)[C@@H](c1nc(-c2cc(F)ccc2F)cn1Cc1ccccc1)C(C)(C)O. The van der Waals surface area contributed by atoms with Gasteiger partial charge in [-0.2, -0.15) is 0 Å². The summed E-state index contributed by atoms with van der Waals surface area (Å²) >= 11 is 0. The summed E-state index contributed by atoms with van der Waals surface area (Å²) in [5.74, 6) is -1.56. The quantitative estimate of drug-likeness (QED) is 0.373. The summed E-state index contributed by atoms with van der Waals surface area (Å²) in [7, 11) is 0. The van der Waals surface area contributed by atoms with Gasteiger partial charge < -0.3 is 25.2 Å². The smallest absolute Gasteiger partial charge is 0.318 e. The van der Waals surface area contributed by atoms with Crippen LogP contribution in [-0.4, -0.2) is 63.0 Å². The second-order valence-corrected chi connectivity index (χ2v) is 10.7. The number of nitrogens with zero attached hydrogens (tertiary/aromatic N) is 3. The van der Waals surface area contributed by atoms with E-state index >= 15 is 0 Å². The van der Waals surface area contributed by atoms with E-state index in [9.17, 15) is 23.1 Å². The van der Waals surface area contributed by atoms with Crippen LogP contribution in [0.1, 0.15) is 38.2 Å². The third-order valence-electron chi connectivity index (χ3n) is 6.75. The maximum absolute atomic E-state index is 14.8. The molecule has 4 rings (SSSR count). The fourth-order valence-corrected chi connectivity index (χ4v) is 4.95. The summed E-state index contributed by atoms with van der Waals surface area (Å²) in [6.07, 6.45) is 0.398. The Morgan fingerprint density at radius 2 is 1.97 bits per heavy atom. The van der Waals surface area contributed by atoms with Crippen molar-refractivity contribution < 1.29 is 23.1 Å². The number of benzene rings is 2. The molecule has 0 aliphatic carbocycles. The number of nitrogens with one attached hydrogen (secondary N) is 2.